The molecule has 0 heterocycles. The van der Waals surface area contributed by atoms with Crippen LogP contribution in [0, 0.1) is 0 Å². The number of amides is 1. The van der Waals surface area contributed by atoms with Gasteiger partial charge in [-0.25, -0.2) is 0 Å². The molecule has 0 atom stereocenters. The lowest BCUT2D eigenvalue weighted by Crippen LogP contribution is -2.17. The van der Waals surface area contributed by atoms with E-state index in [-0.39, 0.29) is 16.5 Å². The highest BCUT2D eigenvalue weighted by molar-refractivity contribution is 7.86. The summed E-state index contributed by atoms with van der Waals surface area (Å²) in [5.74, 6) is -2.01. The number of nitrogen functional groups attached to an aromatic ring is 1. The lowest BCUT2D eigenvalue weighted by molar-refractivity contribution is 0.102. The highest BCUT2D eigenvalue weighted by Crippen LogP contribution is 2.37. The molecule has 3 aromatic carbocycles. The Bertz CT molecular complexity index is 1640. The number of hydrogen-bond acceptors (Lipinski definition) is 9. The lowest BCUT2D eigenvalue weighted by Gasteiger charge is -2.14. The summed E-state index contributed by atoms with van der Waals surface area (Å²) < 4.78 is 97.5. The lowest BCUT2D eigenvalue weighted by atomic mass is 10.1. The van der Waals surface area contributed by atoms with E-state index in [1.165, 1.54) is 0 Å². The number of phenolic OH excluding ortho intramolecular Hbond substituents is 1. The molecule has 1 amide bonds. The summed E-state index contributed by atoms with van der Waals surface area (Å²) in [6, 6.07) is 5.76. The van der Waals surface area contributed by atoms with Gasteiger partial charge in [-0.1, -0.05) is 0 Å². The second-order valence-electron chi connectivity index (χ2n) is 6.65. The Hall–Kier alpha value is -3.28. The Morgan fingerprint density at radius 2 is 1.33 bits per heavy atom. The average molecular weight is 519 g/mol. The normalized spacial score (nSPS) is 12.6. The maximum Gasteiger partial charge on any atom is 0.295 e. The molecule has 16 heteroatoms. The third-order valence-electron chi connectivity index (χ3n) is 4.35. The van der Waals surface area contributed by atoms with Crippen LogP contribution in [0.15, 0.2) is 57.2 Å². The smallest absolute Gasteiger partial charge is 0.295 e. The molecule has 0 bridgehead atoms. The molecule has 3 rings (SSSR count). The molecule has 0 fully saturated rings. The highest BCUT2D eigenvalue weighted by Gasteiger charge is 2.24. The summed E-state index contributed by atoms with van der Waals surface area (Å²) in [6.07, 6.45) is 0. The molecule has 3 aromatic rings. The molecule has 0 saturated heterocycles. The second kappa shape index (κ2) is 7.94. The molecule has 0 aliphatic rings. The van der Waals surface area contributed by atoms with Crippen molar-refractivity contribution in [2.75, 3.05) is 11.1 Å². The van der Waals surface area contributed by atoms with E-state index < -0.39 is 67.9 Å². The quantitative estimate of drug-likeness (QED) is 0.206. The molecule has 0 radical (unpaired) electrons. The van der Waals surface area contributed by atoms with Crippen LogP contribution in [0.1, 0.15) is 10.4 Å². The fourth-order valence-electron chi connectivity index (χ4n) is 2.96. The monoisotopic (exact) mass is 518 g/mol. The van der Waals surface area contributed by atoms with Gasteiger partial charge in [0.25, 0.3) is 36.3 Å². The SMILES string of the molecule is Nc1ccc(C(=O)Nc2cc(S(=O)(=O)O)cc3cc(S(=O)(=O)O)cc(O)c23)c(S(=O)(=O)O)c1. The number of rotatable bonds is 5. The highest BCUT2D eigenvalue weighted by atomic mass is 32.2. The number of anilines is 2. The number of phenols is 1. The van der Waals surface area contributed by atoms with Gasteiger partial charge in [-0.05, 0) is 41.8 Å². The van der Waals surface area contributed by atoms with Crippen LogP contribution in [-0.4, -0.2) is 49.9 Å². The second-order valence-corrected chi connectivity index (χ2v) is 10.9. The number of fused-ring (bicyclic) bond motifs is 1. The van der Waals surface area contributed by atoms with Crippen LogP contribution in [0.2, 0.25) is 0 Å². The first kappa shape index (κ1) is 24.4. The molecule has 0 aliphatic heterocycles. The molecule has 0 saturated carbocycles. The number of benzene rings is 3. The Morgan fingerprint density at radius 1 is 0.788 bits per heavy atom. The van der Waals surface area contributed by atoms with Gasteiger partial charge in [0.1, 0.15) is 10.6 Å². The Labute approximate surface area is 186 Å². The summed E-state index contributed by atoms with van der Waals surface area (Å²) >= 11 is 0. The van der Waals surface area contributed by atoms with E-state index in [4.69, 9.17) is 5.73 Å². The zero-order valence-electron chi connectivity index (χ0n) is 16.0. The van der Waals surface area contributed by atoms with E-state index in [1.807, 2.05) is 0 Å². The first-order valence-electron chi connectivity index (χ1n) is 8.42. The Morgan fingerprint density at radius 3 is 1.85 bits per heavy atom. The van der Waals surface area contributed by atoms with Crippen molar-refractivity contribution in [3.63, 3.8) is 0 Å². The predicted octanol–water partition coefficient (Wildman–Crippen LogP) is 1.12. The van der Waals surface area contributed by atoms with E-state index in [0.717, 1.165) is 30.3 Å². The summed E-state index contributed by atoms with van der Waals surface area (Å²) in [6.45, 7) is 0. The first-order chi connectivity index (χ1) is 15.0. The van der Waals surface area contributed by atoms with Crippen molar-refractivity contribution in [2.45, 2.75) is 14.7 Å². The van der Waals surface area contributed by atoms with Crippen molar-refractivity contribution in [3.05, 3.63) is 48.0 Å². The molecule has 7 N–H and O–H groups in total. The molecule has 176 valence electrons. The molecule has 0 aliphatic carbocycles. The van der Waals surface area contributed by atoms with Crippen molar-refractivity contribution in [2.24, 2.45) is 0 Å². The van der Waals surface area contributed by atoms with Crippen LogP contribution in [-0.2, 0) is 30.4 Å². The van der Waals surface area contributed by atoms with Gasteiger partial charge in [0.05, 0.1) is 21.0 Å². The third-order valence-corrected chi connectivity index (χ3v) is 6.90. The van der Waals surface area contributed by atoms with Crippen LogP contribution in [0.4, 0.5) is 11.4 Å². The topological polar surface area (TPSA) is 238 Å². The van der Waals surface area contributed by atoms with Gasteiger partial charge >= 0.3 is 0 Å². The van der Waals surface area contributed by atoms with Gasteiger partial charge in [-0.2, -0.15) is 25.3 Å². The minimum Gasteiger partial charge on any atom is -0.507 e. The van der Waals surface area contributed by atoms with Crippen LogP contribution in [0.25, 0.3) is 10.8 Å². The minimum atomic E-state index is -4.92. The van der Waals surface area contributed by atoms with E-state index in [1.54, 1.807) is 0 Å². The van der Waals surface area contributed by atoms with Gasteiger partial charge in [0, 0.05) is 17.1 Å². The summed E-state index contributed by atoms with van der Waals surface area (Å²) in [5, 5.41) is 11.8. The number of nitrogens with two attached hydrogens (primary N) is 1. The number of carbonyl (C=O) groups is 1. The van der Waals surface area contributed by atoms with Crippen molar-refractivity contribution < 1.29 is 48.8 Å². The van der Waals surface area contributed by atoms with Gasteiger partial charge < -0.3 is 16.2 Å². The number of aromatic hydroxyl groups is 1. The first-order valence-corrected chi connectivity index (χ1v) is 12.7. The number of hydrogen-bond donors (Lipinski definition) is 6. The van der Waals surface area contributed by atoms with Crippen molar-refractivity contribution in [3.8, 4) is 5.75 Å². The van der Waals surface area contributed by atoms with Gasteiger partial charge in [0.2, 0.25) is 0 Å². The van der Waals surface area contributed by atoms with Gasteiger partial charge in [-0.15, -0.1) is 0 Å². The van der Waals surface area contributed by atoms with Crippen LogP contribution in [0.5, 0.6) is 5.75 Å². The fourth-order valence-corrected chi connectivity index (χ4v) is 4.77. The number of carbonyl (C=O) groups excluding carboxylic acids is 1. The molecule has 0 unspecified atom stereocenters. The molecule has 0 aromatic heterocycles. The third kappa shape index (κ3) is 5.05. The summed E-state index contributed by atoms with van der Waals surface area (Å²) in [4.78, 5) is 10.3. The van der Waals surface area contributed by atoms with E-state index in [0.29, 0.717) is 12.1 Å². The Kier molecular flexibility index (Phi) is 5.86. The van der Waals surface area contributed by atoms with Gasteiger partial charge in [-0.3, -0.25) is 18.5 Å². The van der Waals surface area contributed by atoms with Crippen LogP contribution < -0.4 is 11.1 Å². The Balaban J connectivity index is 2.28. The van der Waals surface area contributed by atoms with Crippen LogP contribution >= 0.6 is 0 Å². The standard InChI is InChI=1S/C17H14N2O11S3/c18-9-1-2-12(15(5-9)33(28,29)30)17(21)19-13-6-10(31(22,23)24)3-8-4-11(32(25,26)27)7-14(20)16(8)13/h1-7,20H,18H2,(H,19,21)(H,22,23,24)(H,25,26,27)(H,28,29,30). The zero-order chi connectivity index (χ0) is 24.9. The van der Waals surface area contributed by atoms with E-state index in [2.05, 4.69) is 5.32 Å². The average Bonchev–Trinajstić information content (AvgIpc) is 2.65. The van der Waals surface area contributed by atoms with E-state index in [9.17, 15) is 48.8 Å². The van der Waals surface area contributed by atoms with Crippen molar-refractivity contribution in [1.82, 2.24) is 0 Å². The minimum absolute atomic E-state index is 0.103. The zero-order valence-corrected chi connectivity index (χ0v) is 18.4. The van der Waals surface area contributed by atoms with E-state index >= 15 is 0 Å². The predicted molar refractivity (Wildman–Crippen MR) is 114 cm³/mol. The number of nitrogens with one attached hydrogen (secondary N) is 1. The fraction of sp³-hybridized carbons (Fsp3) is 0. The van der Waals surface area contributed by atoms with Crippen LogP contribution in [0.3, 0.4) is 0 Å². The maximum atomic E-state index is 12.8. The summed E-state index contributed by atoms with van der Waals surface area (Å²) in [7, 11) is -14.7. The largest absolute Gasteiger partial charge is 0.507 e. The van der Waals surface area contributed by atoms with Gasteiger partial charge in [0.15, 0.2) is 0 Å². The maximum absolute atomic E-state index is 12.8. The molecule has 33 heavy (non-hydrogen) atoms. The molecule has 13 nitrogen and oxygen atoms in total. The molecular weight excluding hydrogens is 504 g/mol. The molecule has 0 spiro atoms. The van der Waals surface area contributed by atoms with Crippen molar-refractivity contribution in [1.29, 1.82) is 0 Å². The summed E-state index contributed by atoms with van der Waals surface area (Å²) in [5.41, 5.74) is 4.29. The van der Waals surface area contributed by atoms with Crippen molar-refractivity contribution >= 4 is 58.4 Å². The molecular formula is C17H14N2O11S3.